The van der Waals surface area contributed by atoms with E-state index in [0.29, 0.717) is 17.4 Å². The van der Waals surface area contributed by atoms with Gasteiger partial charge in [0.15, 0.2) is 11.6 Å². The van der Waals surface area contributed by atoms with Crippen molar-refractivity contribution in [3.63, 3.8) is 0 Å². The molecule has 1 atom stereocenters. The summed E-state index contributed by atoms with van der Waals surface area (Å²) in [4.78, 5) is 20.2. The van der Waals surface area contributed by atoms with Crippen LogP contribution in [-0.2, 0) is 0 Å². The summed E-state index contributed by atoms with van der Waals surface area (Å²) in [5, 5.41) is 15.4. The van der Waals surface area contributed by atoms with Crippen molar-refractivity contribution in [3.8, 4) is 11.9 Å². The molecule has 1 aromatic carbocycles. The molecule has 0 saturated carbocycles. The number of rotatable bonds is 5. The Bertz CT molecular complexity index is 1110. The number of nitrogens with one attached hydrogen (secondary N) is 1. The number of pyridine rings is 1. The Hall–Kier alpha value is -3.11. The third kappa shape index (κ3) is 6.19. The maximum atomic E-state index is 13.7. The second-order valence-electron chi connectivity index (χ2n) is 5.97. The largest absolute Gasteiger partial charge is 0.446 e. The predicted octanol–water partition coefficient (Wildman–Crippen LogP) is 3.89. The van der Waals surface area contributed by atoms with Gasteiger partial charge in [-0.3, -0.25) is 4.79 Å². The van der Waals surface area contributed by atoms with Crippen molar-refractivity contribution in [1.82, 2.24) is 25.1 Å². The topological polar surface area (TPSA) is 96.5 Å². The van der Waals surface area contributed by atoms with Crippen molar-refractivity contribution in [2.75, 3.05) is 0 Å². The lowest BCUT2D eigenvalue weighted by molar-refractivity contribution is -0.0328. The SMILES string of the molecule is C[C@H](NC(=O)c1cc(F)cc(SC(F)(F)F)c1)c1ncnn1-c1ccc(C#N)cn1.S. The van der Waals surface area contributed by atoms with E-state index in [0.717, 1.165) is 12.1 Å². The zero-order valence-corrected chi connectivity index (χ0v) is 17.5. The Labute approximate surface area is 184 Å². The van der Waals surface area contributed by atoms with E-state index in [2.05, 4.69) is 20.4 Å². The van der Waals surface area contributed by atoms with Gasteiger partial charge in [-0.1, -0.05) is 0 Å². The van der Waals surface area contributed by atoms with Crippen LogP contribution in [0.3, 0.4) is 0 Å². The van der Waals surface area contributed by atoms with Gasteiger partial charge in [0.2, 0.25) is 0 Å². The summed E-state index contributed by atoms with van der Waals surface area (Å²) in [6.45, 7) is 1.58. The van der Waals surface area contributed by atoms with Gasteiger partial charge in [-0.05, 0) is 49.0 Å². The van der Waals surface area contributed by atoms with Gasteiger partial charge in [-0.2, -0.15) is 41.7 Å². The highest BCUT2D eigenvalue weighted by Crippen LogP contribution is 2.37. The monoisotopic (exact) mass is 470 g/mol. The molecule has 2 heterocycles. The van der Waals surface area contributed by atoms with E-state index in [4.69, 9.17) is 5.26 Å². The Morgan fingerprint density at radius 1 is 1.26 bits per heavy atom. The van der Waals surface area contributed by atoms with Gasteiger partial charge in [-0.15, -0.1) is 0 Å². The summed E-state index contributed by atoms with van der Waals surface area (Å²) in [6.07, 6.45) is 2.58. The maximum Gasteiger partial charge on any atom is 0.446 e. The van der Waals surface area contributed by atoms with Gasteiger partial charge in [0, 0.05) is 16.7 Å². The standard InChI is InChI=1S/C18H12F4N6OS.H2S/c1-10(16-25-9-26-28(16)15-3-2-11(7-23)8-24-15)27-17(29)12-4-13(19)6-14(5-12)30-18(20,21)22;/h2-6,8-10H,1H3,(H,27,29);1H2/t10-;/m0./s1. The molecule has 0 aliphatic carbocycles. The minimum atomic E-state index is -4.61. The average molecular weight is 470 g/mol. The molecule has 1 amide bonds. The lowest BCUT2D eigenvalue weighted by atomic mass is 10.2. The molecule has 7 nitrogen and oxygen atoms in total. The lowest BCUT2D eigenvalue weighted by Crippen LogP contribution is -2.29. The zero-order valence-electron chi connectivity index (χ0n) is 15.7. The van der Waals surface area contributed by atoms with Crippen LogP contribution in [-0.4, -0.2) is 31.2 Å². The predicted molar refractivity (Wildman–Crippen MR) is 108 cm³/mol. The van der Waals surface area contributed by atoms with E-state index < -0.39 is 39.9 Å². The molecule has 2 aromatic heterocycles. The zero-order chi connectivity index (χ0) is 21.9. The number of alkyl halides is 3. The smallest absolute Gasteiger partial charge is 0.342 e. The number of nitrogens with zero attached hydrogens (tertiary/aromatic N) is 5. The molecule has 13 heteroatoms. The number of nitriles is 1. The van der Waals surface area contributed by atoms with Crippen molar-refractivity contribution >= 4 is 31.2 Å². The van der Waals surface area contributed by atoms with Gasteiger partial charge in [0.05, 0.1) is 11.6 Å². The van der Waals surface area contributed by atoms with Gasteiger partial charge >= 0.3 is 5.51 Å². The number of benzene rings is 1. The van der Waals surface area contributed by atoms with Crippen LogP contribution in [0.1, 0.15) is 34.7 Å². The van der Waals surface area contributed by atoms with Crippen molar-refractivity contribution in [2.45, 2.75) is 23.4 Å². The van der Waals surface area contributed by atoms with E-state index in [9.17, 15) is 22.4 Å². The molecular formula is C18H14F4N6OS2. The molecule has 162 valence electrons. The lowest BCUT2D eigenvalue weighted by Gasteiger charge is -2.15. The molecule has 3 aromatic rings. The van der Waals surface area contributed by atoms with E-state index in [1.54, 1.807) is 13.0 Å². The quantitative estimate of drug-likeness (QED) is 0.449. The van der Waals surface area contributed by atoms with Gasteiger partial charge in [0.1, 0.15) is 18.2 Å². The first-order chi connectivity index (χ1) is 14.2. The number of aromatic nitrogens is 4. The molecule has 0 unspecified atom stereocenters. The number of carbonyl (C=O) groups is 1. The Balaban J connectivity index is 0.00000341. The molecule has 0 aliphatic heterocycles. The summed E-state index contributed by atoms with van der Waals surface area (Å²) in [5.41, 5.74) is -4.53. The van der Waals surface area contributed by atoms with E-state index in [1.807, 2.05) is 6.07 Å². The minimum absolute atomic E-state index is 0. The fourth-order valence-corrected chi connectivity index (χ4v) is 3.16. The van der Waals surface area contributed by atoms with Crippen LogP contribution in [0.25, 0.3) is 5.82 Å². The van der Waals surface area contributed by atoms with Gasteiger partial charge in [-0.25, -0.2) is 14.4 Å². The number of hydrogen-bond donors (Lipinski definition) is 1. The van der Waals surface area contributed by atoms with Crippen molar-refractivity contribution in [3.05, 3.63) is 65.6 Å². The Morgan fingerprint density at radius 2 is 2.00 bits per heavy atom. The van der Waals surface area contributed by atoms with Crippen molar-refractivity contribution in [2.24, 2.45) is 0 Å². The van der Waals surface area contributed by atoms with Crippen LogP contribution in [0.2, 0.25) is 0 Å². The number of hydrogen-bond acceptors (Lipinski definition) is 6. The number of carbonyl (C=O) groups excluding carboxylic acids is 1. The average Bonchev–Trinajstić information content (AvgIpc) is 3.16. The fraction of sp³-hybridized carbons (Fsp3) is 0.167. The van der Waals surface area contributed by atoms with E-state index in [1.165, 1.54) is 23.3 Å². The first-order valence-corrected chi connectivity index (χ1v) is 9.11. The van der Waals surface area contributed by atoms with Crippen molar-refractivity contribution in [1.29, 1.82) is 5.26 Å². The highest BCUT2D eigenvalue weighted by Gasteiger charge is 2.30. The molecular weight excluding hydrogens is 456 g/mol. The normalized spacial score (nSPS) is 11.9. The van der Waals surface area contributed by atoms with Crippen LogP contribution in [0.5, 0.6) is 0 Å². The van der Waals surface area contributed by atoms with Crippen molar-refractivity contribution < 1.29 is 22.4 Å². The van der Waals surface area contributed by atoms with Crippen LogP contribution in [0, 0.1) is 17.1 Å². The van der Waals surface area contributed by atoms with Crippen LogP contribution in [0.4, 0.5) is 17.6 Å². The van der Waals surface area contributed by atoms with Crippen LogP contribution < -0.4 is 5.32 Å². The molecule has 0 fully saturated rings. The first-order valence-electron chi connectivity index (χ1n) is 8.30. The number of amides is 1. The summed E-state index contributed by atoms with van der Waals surface area (Å²) in [5.74, 6) is -1.13. The maximum absolute atomic E-state index is 13.7. The highest BCUT2D eigenvalue weighted by molar-refractivity contribution is 8.00. The molecule has 0 spiro atoms. The van der Waals surface area contributed by atoms with Gasteiger partial charge < -0.3 is 5.32 Å². The molecule has 0 bridgehead atoms. The van der Waals surface area contributed by atoms with Crippen LogP contribution in [0.15, 0.2) is 47.8 Å². The molecule has 0 saturated heterocycles. The van der Waals surface area contributed by atoms with Crippen LogP contribution >= 0.6 is 25.3 Å². The second kappa shape index (κ2) is 9.80. The minimum Gasteiger partial charge on any atom is -0.342 e. The summed E-state index contributed by atoms with van der Waals surface area (Å²) in [7, 11) is 0. The van der Waals surface area contributed by atoms with Gasteiger partial charge in [0.25, 0.3) is 5.91 Å². The first kappa shape index (κ1) is 24.2. The Kier molecular flexibility index (Phi) is 7.64. The Morgan fingerprint density at radius 3 is 2.61 bits per heavy atom. The third-order valence-electron chi connectivity index (χ3n) is 3.77. The second-order valence-corrected chi connectivity index (χ2v) is 7.10. The molecule has 0 radical (unpaired) electrons. The third-order valence-corrected chi connectivity index (χ3v) is 4.47. The molecule has 1 N–H and O–H groups in total. The summed E-state index contributed by atoms with van der Waals surface area (Å²) < 4.78 is 52.7. The number of thioether (sulfide) groups is 1. The van der Waals surface area contributed by atoms with E-state index in [-0.39, 0.29) is 24.9 Å². The highest BCUT2D eigenvalue weighted by atomic mass is 32.2. The fourth-order valence-electron chi connectivity index (χ4n) is 2.53. The molecule has 31 heavy (non-hydrogen) atoms. The molecule has 3 rings (SSSR count). The van der Waals surface area contributed by atoms with E-state index >= 15 is 0 Å². The molecule has 0 aliphatic rings. The number of halogens is 4. The summed E-state index contributed by atoms with van der Waals surface area (Å²) in [6, 6.07) is 6.77. The summed E-state index contributed by atoms with van der Waals surface area (Å²) >= 11 is -0.512.